The van der Waals surface area contributed by atoms with Crippen molar-refractivity contribution in [3.05, 3.63) is 0 Å². The summed E-state index contributed by atoms with van der Waals surface area (Å²) >= 11 is 0. The maximum atomic E-state index is 5.60. The Bertz CT molecular complexity index is 205. The zero-order chi connectivity index (χ0) is 13.9. The molecule has 0 amide bonds. The molecule has 1 fully saturated rings. The molecule has 1 aliphatic rings. The third-order valence-corrected chi connectivity index (χ3v) is 4.01. The molecule has 1 rings (SSSR count). The Kier molecular flexibility index (Phi) is 9.48. The van der Waals surface area contributed by atoms with Gasteiger partial charge in [0.1, 0.15) is 0 Å². The summed E-state index contributed by atoms with van der Waals surface area (Å²) < 4.78 is 11.2. The second-order valence-corrected chi connectivity index (χ2v) is 5.71. The van der Waals surface area contributed by atoms with Gasteiger partial charge in [0.15, 0.2) is 6.29 Å². The van der Waals surface area contributed by atoms with E-state index in [1.165, 1.54) is 38.5 Å². The quantitative estimate of drug-likeness (QED) is 0.621. The number of hydrogen-bond donors (Lipinski definition) is 1. The summed E-state index contributed by atoms with van der Waals surface area (Å²) in [7, 11) is 0. The van der Waals surface area contributed by atoms with Crippen LogP contribution in [-0.2, 0) is 9.47 Å². The molecule has 1 heterocycles. The van der Waals surface area contributed by atoms with Crippen molar-refractivity contribution in [2.24, 2.45) is 5.92 Å². The third kappa shape index (κ3) is 7.28. The third-order valence-electron chi connectivity index (χ3n) is 4.01. The van der Waals surface area contributed by atoms with Gasteiger partial charge in [0.05, 0.1) is 13.2 Å². The van der Waals surface area contributed by atoms with Gasteiger partial charge < -0.3 is 14.8 Å². The molecular weight excluding hydrogens is 238 g/mol. The van der Waals surface area contributed by atoms with Crippen molar-refractivity contribution < 1.29 is 9.47 Å². The molecule has 0 aliphatic carbocycles. The van der Waals surface area contributed by atoms with Crippen LogP contribution >= 0.6 is 0 Å². The maximum absolute atomic E-state index is 5.60. The van der Waals surface area contributed by atoms with Gasteiger partial charge in [-0.05, 0) is 25.3 Å². The van der Waals surface area contributed by atoms with Crippen LogP contribution in [-0.4, -0.2) is 32.1 Å². The van der Waals surface area contributed by atoms with E-state index >= 15 is 0 Å². The van der Waals surface area contributed by atoms with Crippen LogP contribution in [0.15, 0.2) is 0 Å². The van der Waals surface area contributed by atoms with Gasteiger partial charge in [-0.15, -0.1) is 0 Å². The maximum Gasteiger partial charge on any atom is 0.159 e. The zero-order valence-corrected chi connectivity index (χ0v) is 13.1. The van der Waals surface area contributed by atoms with E-state index in [0.29, 0.717) is 6.04 Å². The lowest BCUT2D eigenvalue weighted by Crippen LogP contribution is -2.35. The molecule has 0 saturated carbocycles. The van der Waals surface area contributed by atoms with Crippen LogP contribution in [0.25, 0.3) is 0 Å². The Morgan fingerprint density at radius 1 is 1.11 bits per heavy atom. The molecule has 1 saturated heterocycles. The van der Waals surface area contributed by atoms with Crippen molar-refractivity contribution in [3.8, 4) is 0 Å². The molecule has 0 aromatic heterocycles. The second kappa shape index (κ2) is 10.6. The molecule has 3 heteroatoms. The van der Waals surface area contributed by atoms with Gasteiger partial charge in [-0.1, -0.05) is 46.5 Å². The summed E-state index contributed by atoms with van der Waals surface area (Å²) in [6.45, 7) is 9.44. The van der Waals surface area contributed by atoms with Crippen LogP contribution in [0.5, 0.6) is 0 Å². The first-order valence-corrected chi connectivity index (χ1v) is 8.26. The van der Waals surface area contributed by atoms with E-state index in [0.717, 1.165) is 32.1 Å². The summed E-state index contributed by atoms with van der Waals surface area (Å²) in [5.74, 6) is 0.843. The highest BCUT2D eigenvalue weighted by atomic mass is 16.7. The average molecular weight is 271 g/mol. The largest absolute Gasteiger partial charge is 0.350 e. The Labute approximate surface area is 119 Å². The topological polar surface area (TPSA) is 30.5 Å². The SMILES string of the molecule is CCCCC(CC)CC(CC1OCCO1)NCCC. The molecular formula is C16H33NO2. The molecule has 0 radical (unpaired) electrons. The average Bonchev–Trinajstić information content (AvgIpc) is 2.93. The van der Waals surface area contributed by atoms with Crippen LogP contribution in [0.1, 0.15) is 65.7 Å². The fourth-order valence-corrected chi connectivity index (χ4v) is 2.77. The standard InChI is InChI=1S/C16H33NO2/c1-4-7-8-14(6-3)12-15(17-9-5-2)13-16-18-10-11-19-16/h14-17H,4-13H2,1-3H3. The molecule has 0 aromatic carbocycles. The van der Waals surface area contributed by atoms with Gasteiger partial charge in [0.2, 0.25) is 0 Å². The van der Waals surface area contributed by atoms with Gasteiger partial charge in [-0.3, -0.25) is 0 Å². The van der Waals surface area contributed by atoms with Crippen molar-refractivity contribution in [1.82, 2.24) is 5.32 Å². The van der Waals surface area contributed by atoms with E-state index in [9.17, 15) is 0 Å². The minimum atomic E-state index is 0.0260. The van der Waals surface area contributed by atoms with Crippen LogP contribution in [0.4, 0.5) is 0 Å². The molecule has 114 valence electrons. The predicted octanol–water partition coefficient (Wildman–Crippen LogP) is 3.72. The van der Waals surface area contributed by atoms with Crippen LogP contribution < -0.4 is 5.32 Å². The summed E-state index contributed by atoms with van der Waals surface area (Å²) in [5, 5.41) is 3.68. The van der Waals surface area contributed by atoms with Gasteiger partial charge >= 0.3 is 0 Å². The molecule has 1 N–H and O–H groups in total. The molecule has 19 heavy (non-hydrogen) atoms. The summed E-state index contributed by atoms with van der Waals surface area (Å²) in [4.78, 5) is 0. The van der Waals surface area contributed by atoms with Gasteiger partial charge in [-0.2, -0.15) is 0 Å². The Morgan fingerprint density at radius 3 is 2.42 bits per heavy atom. The summed E-state index contributed by atoms with van der Waals surface area (Å²) in [6.07, 6.45) is 8.79. The van der Waals surface area contributed by atoms with Crippen molar-refractivity contribution >= 4 is 0 Å². The van der Waals surface area contributed by atoms with Crippen LogP contribution in [0, 0.1) is 5.92 Å². The van der Waals surface area contributed by atoms with Crippen LogP contribution in [0.2, 0.25) is 0 Å². The number of hydrogen-bond acceptors (Lipinski definition) is 3. The first-order chi connectivity index (χ1) is 9.30. The molecule has 0 spiro atoms. The van der Waals surface area contributed by atoms with E-state index in [-0.39, 0.29) is 6.29 Å². The van der Waals surface area contributed by atoms with Crippen molar-refractivity contribution in [3.63, 3.8) is 0 Å². The zero-order valence-electron chi connectivity index (χ0n) is 13.1. The Hall–Kier alpha value is -0.120. The van der Waals surface area contributed by atoms with E-state index in [4.69, 9.17) is 9.47 Å². The van der Waals surface area contributed by atoms with Gasteiger partial charge in [0, 0.05) is 12.5 Å². The van der Waals surface area contributed by atoms with Gasteiger partial charge in [-0.25, -0.2) is 0 Å². The molecule has 3 nitrogen and oxygen atoms in total. The lowest BCUT2D eigenvalue weighted by molar-refractivity contribution is -0.0541. The monoisotopic (exact) mass is 271 g/mol. The number of nitrogens with one attached hydrogen (secondary N) is 1. The minimum absolute atomic E-state index is 0.0260. The van der Waals surface area contributed by atoms with E-state index in [2.05, 4.69) is 26.1 Å². The van der Waals surface area contributed by atoms with E-state index in [1.54, 1.807) is 0 Å². The number of unbranched alkanes of at least 4 members (excludes halogenated alkanes) is 1. The highest BCUT2D eigenvalue weighted by Crippen LogP contribution is 2.22. The smallest absolute Gasteiger partial charge is 0.159 e. The highest BCUT2D eigenvalue weighted by molar-refractivity contribution is 4.74. The van der Waals surface area contributed by atoms with Crippen molar-refractivity contribution in [1.29, 1.82) is 0 Å². The van der Waals surface area contributed by atoms with Gasteiger partial charge in [0.25, 0.3) is 0 Å². The highest BCUT2D eigenvalue weighted by Gasteiger charge is 2.23. The first-order valence-electron chi connectivity index (χ1n) is 8.26. The fraction of sp³-hybridized carbons (Fsp3) is 1.00. The lowest BCUT2D eigenvalue weighted by Gasteiger charge is -2.25. The Morgan fingerprint density at radius 2 is 1.84 bits per heavy atom. The van der Waals surface area contributed by atoms with Crippen LogP contribution in [0.3, 0.4) is 0 Å². The molecule has 0 aromatic rings. The number of rotatable bonds is 11. The van der Waals surface area contributed by atoms with E-state index in [1.807, 2.05) is 0 Å². The van der Waals surface area contributed by atoms with E-state index < -0.39 is 0 Å². The molecule has 0 bridgehead atoms. The fourth-order valence-electron chi connectivity index (χ4n) is 2.77. The molecule has 1 aliphatic heterocycles. The molecule has 2 atom stereocenters. The minimum Gasteiger partial charge on any atom is -0.350 e. The summed E-state index contributed by atoms with van der Waals surface area (Å²) in [5.41, 5.74) is 0. The summed E-state index contributed by atoms with van der Waals surface area (Å²) in [6, 6.07) is 0.546. The first kappa shape index (κ1) is 16.9. The number of ether oxygens (including phenoxy) is 2. The lowest BCUT2D eigenvalue weighted by atomic mass is 9.90. The predicted molar refractivity (Wildman–Crippen MR) is 80.3 cm³/mol. The van der Waals surface area contributed by atoms with Crippen molar-refractivity contribution in [2.45, 2.75) is 78.0 Å². The second-order valence-electron chi connectivity index (χ2n) is 5.71. The molecule has 2 unspecified atom stereocenters. The van der Waals surface area contributed by atoms with Crippen molar-refractivity contribution in [2.75, 3.05) is 19.8 Å². The Balaban J connectivity index is 2.36. The normalized spacial score (nSPS) is 19.7.